The van der Waals surface area contributed by atoms with Crippen LogP contribution in [0.15, 0.2) is 67.0 Å². The van der Waals surface area contributed by atoms with E-state index in [4.69, 9.17) is 27.2 Å². The van der Waals surface area contributed by atoms with Crippen LogP contribution in [0.25, 0.3) is 16.6 Å². The van der Waals surface area contributed by atoms with E-state index in [0.29, 0.717) is 12.3 Å². The molecule has 8 heteroatoms. The van der Waals surface area contributed by atoms with Crippen molar-refractivity contribution in [2.45, 2.75) is 18.0 Å². The van der Waals surface area contributed by atoms with Gasteiger partial charge in [-0.15, -0.1) is 0 Å². The largest absolute Gasteiger partial charge is 0.474 e. The minimum Gasteiger partial charge on any atom is -0.474 e. The van der Waals surface area contributed by atoms with Crippen LogP contribution in [0, 0.1) is 0 Å². The first-order valence-corrected chi connectivity index (χ1v) is 9.60. The number of halogens is 1. The minimum atomic E-state index is -1.08. The van der Waals surface area contributed by atoms with E-state index in [9.17, 15) is 0 Å². The molecule has 0 aliphatic carbocycles. The summed E-state index contributed by atoms with van der Waals surface area (Å²) in [5.74, 6) is 0.383. The molecule has 1 aromatic carbocycles. The van der Waals surface area contributed by atoms with Crippen molar-refractivity contribution >= 4 is 22.5 Å². The van der Waals surface area contributed by atoms with Crippen LogP contribution in [-0.4, -0.2) is 37.0 Å². The first-order chi connectivity index (χ1) is 14.1. The van der Waals surface area contributed by atoms with Gasteiger partial charge in [-0.25, -0.2) is 9.67 Å². The van der Waals surface area contributed by atoms with Gasteiger partial charge in [0, 0.05) is 29.8 Å². The molecule has 1 unspecified atom stereocenters. The second-order valence-corrected chi connectivity index (χ2v) is 7.05. The third kappa shape index (κ3) is 4.37. The molecule has 0 bridgehead atoms. The number of para-hydroxylation sites is 1. The zero-order chi connectivity index (χ0) is 20.2. The zero-order valence-corrected chi connectivity index (χ0v) is 16.3. The second-order valence-electron chi connectivity index (χ2n) is 6.55. The van der Waals surface area contributed by atoms with Crippen molar-refractivity contribution < 1.29 is 9.84 Å². The first kappa shape index (κ1) is 19.3. The van der Waals surface area contributed by atoms with Gasteiger partial charge in [-0.05, 0) is 24.3 Å². The molecule has 0 fully saturated rings. The van der Waals surface area contributed by atoms with Crippen LogP contribution in [0.4, 0.5) is 0 Å². The summed E-state index contributed by atoms with van der Waals surface area (Å²) in [5.41, 5.74) is 8.72. The number of fused-ring (bicyclic) bond motifs is 1. The monoisotopic (exact) mass is 409 g/mol. The Hall–Kier alpha value is -3.00. The lowest BCUT2D eigenvalue weighted by Crippen LogP contribution is -2.19. The number of benzene rings is 1. The first-order valence-electron chi connectivity index (χ1n) is 9.16. The number of nitrogens with two attached hydrogens (primary N) is 1. The van der Waals surface area contributed by atoms with Gasteiger partial charge >= 0.3 is 0 Å². The van der Waals surface area contributed by atoms with Crippen LogP contribution < -0.4 is 10.5 Å². The van der Waals surface area contributed by atoms with Crippen molar-refractivity contribution in [2.75, 3.05) is 6.61 Å². The third-order valence-electron chi connectivity index (χ3n) is 4.45. The van der Waals surface area contributed by atoms with Gasteiger partial charge in [-0.2, -0.15) is 5.10 Å². The zero-order valence-electron chi connectivity index (χ0n) is 15.5. The number of nitrogens with zero attached hydrogens (tertiary/aromatic N) is 4. The van der Waals surface area contributed by atoms with Crippen LogP contribution in [0.3, 0.4) is 0 Å². The number of ether oxygens (including phenoxy) is 1. The molecule has 0 amide bonds. The molecule has 29 heavy (non-hydrogen) atoms. The van der Waals surface area contributed by atoms with E-state index in [-0.39, 0.29) is 6.61 Å². The number of aromatic nitrogens is 4. The Morgan fingerprint density at radius 3 is 2.83 bits per heavy atom. The molecule has 3 heterocycles. The van der Waals surface area contributed by atoms with Gasteiger partial charge < -0.3 is 15.6 Å². The van der Waals surface area contributed by atoms with E-state index in [2.05, 4.69) is 15.1 Å². The number of hydrogen-bond acceptors (Lipinski definition) is 6. The van der Waals surface area contributed by atoms with Crippen molar-refractivity contribution in [3.63, 3.8) is 0 Å². The quantitative estimate of drug-likeness (QED) is 0.455. The third-order valence-corrected chi connectivity index (χ3v) is 4.58. The molecule has 148 valence electrons. The number of rotatable bonds is 7. The molecule has 0 saturated heterocycles. The summed E-state index contributed by atoms with van der Waals surface area (Å²) >= 11 is 5.51. The summed E-state index contributed by atoms with van der Waals surface area (Å²) in [6.45, 7) is -0.0408. The maximum absolute atomic E-state index is 9.15. The number of pyridine rings is 2. The molecule has 0 aliphatic rings. The lowest BCUT2D eigenvalue weighted by atomic mass is 10.1. The Balaban J connectivity index is 1.61. The van der Waals surface area contributed by atoms with Crippen molar-refractivity contribution in [1.29, 1.82) is 0 Å². The Bertz CT molecular complexity index is 1110. The molecule has 3 N–H and O–H groups in total. The van der Waals surface area contributed by atoms with Crippen molar-refractivity contribution in [3.05, 3.63) is 78.4 Å². The normalized spacial score (nSPS) is 13.3. The topological polar surface area (TPSA) is 99.1 Å². The highest BCUT2D eigenvalue weighted by Crippen LogP contribution is 2.24. The number of aliphatic hydroxyl groups excluding tert-OH is 1. The van der Waals surface area contributed by atoms with E-state index < -0.39 is 11.6 Å². The number of hydrogen-bond donors (Lipinski definition) is 2. The van der Waals surface area contributed by atoms with Gasteiger partial charge in [-0.3, -0.25) is 4.98 Å². The van der Waals surface area contributed by atoms with Crippen LogP contribution in [-0.2, 0) is 6.42 Å². The van der Waals surface area contributed by atoms with Crippen LogP contribution in [0.1, 0.15) is 17.4 Å². The standard InChI is InChI=1S/C21H20ClN5O2/c22-19(28)13-29-20-9-3-6-15(26-20)11-16(23)21-18(8-4-10-24-21)27-17-7-2-1-5-14(17)12-25-27/h1-10,12,16,19,28H,11,13,23H2/t16?,19-/m1/s1. The van der Waals surface area contributed by atoms with E-state index in [1.54, 1.807) is 12.3 Å². The lowest BCUT2D eigenvalue weighted by Gasteiger charge is -2.16. The fraction of sp³-hybridized carbons (Fsp3) is 0.190. The predicted molar refractivity (Wildman–Crippen MR) is 111 cm³/mol. The van der Waals surface area contributed by atoms with Gasteiger partial charge in [0.05, 0.1) is 29.1 Å². The van der Waals surface area contributed by atoms with Gasteiger partial charge in [0.25, 0.3) is 0 Å². The molecule has 4 aromatic rings. The van der Waals surface area contributed by atoms with Gasteiger partial charge in [0.2, 0.25) is 5.88 Å². The molecular weight excluding hydrogens is 390 g/mol. The highest BCUT2D eigenvalue weighted by Gasteiger charge is 2.17. The van der Waals surface area contributed by atoms with E-state index in [1.165, 1.54) is 0 Å². The predicted octanol–water partition coefficient (Wildman–Crippen LogP) is 2.99. The summed E-state index contributed by atoms with van der Waals surface area (Å²) in [6, 6.07) is 16.8. The highest BCUT2D eigenvalue weighted by molar-refractivity contribution is 6.19. The van der Waals surface area contributed by atoms with Gasteiger partial charge in [0.15, 0.2) is 5.56 Å². The maximum atomic E-state index is 9.15. The Kier molecular flexibility index (Phi) is 5.71. The second kappa shape index (κ2) is 8.57. The number of alkyl halides is 1. The molecule has 0 saturated carbocycles. The van der Waals surface area contributed by atoms with E-state index in [1.807, 2.05) is 59.4 Å². The molecular formula is C21H20ClN5O2. The Morgan fingerprint density at radius 2 is 1.97 bits per heavy atom. The van der Waals surface area contributed by atoms with Gasteiger partial charge in [-0.1, -0.05) is 35.9 Å². The summed E-state index contributed by atoms with van der Waals surface area (Å²) in [7, 11) is 0. The van der Waals surface area contributed by atoms with Crippen molar-refractivity contribution in [3.8, 4) is 11.6 Å². The highest BCUT2D eigenvalue weighted by atomic mass is 35.5. The van der Waals surface area contributed by atoms with E-state index >= 15 is 0 Å². The van der Waals surface area contributed by atoms with Crippen LogP contribution in [0.5, 0.6) is 5.88 Å². The summed E-state index contributed by atoms with van der Waals surface area (Å²) < 4.78 is 7.22. The SMILES string of the molecule is NC(Cc1cccc(OC[C@@H](O)Cl)n1)c1ncccc1-n1ncc2ccccc21. The van der Waals surface area contributed by atoms with E-state index in [0.717, 1.165) is 28.0 Å². The Morgan fingerprint density at radius 1 is 1.10 bits per heavy atom. The average molecular weight is 410 g/mol. The molecule has 4 rings (SSSR count). The Labute approximate surface area is 172 Å². The molecule has 0 aliphatic heterocycles. The fourth-order valence-electron chi connectivity index (χ4n) is 3.17. The molecule has 3 aromatic heterocycles. The average Bonchev–Trinajstić information content (AvgIpc) is 3.16. The van der Waals surface area contributed by atoms with Gasteiger partial charge in [0.1, 0.15) is 6.61 Å². The molecule has 7 nitrogen and oxygen atoms in total. The summed E-state index contributed by atoms with van der Waals surface area (Å²) in [5, 5.41) is 14.7. The molecule has 0 radical (unpaired) electrons. The van der Waals surface area contributed by atoms with Crippen molar-refractivity contribution in [2.24, 2.45) is 5.73 Å². The van der Waals surface area contributed by atoms with Crippen LogP contribution >= 0.6 is 11.6 Å². The van der Waals surface area contributed by atoms with Crippen LogP contribution in [0.2, 0.25) is 0 Å². The minimum absolute atomic E-state index is 0.0408. The molecule has 2 atom stereocenters. The summed E-state index contributed by atoms with van der Waals surface area (Å²) in [4.78, 5) is 8.95. The smallest absolute Gasteiger partial charge is 0.213 e. The fourth-order valence-corrected chi connectivity index (χ4v) is 3.23. The summed E-state index contributed by atoms with van der Waals surface area (Å²) in [6.07, 6.45) is 4.01. The molecule has 0 spiro atoms. The number of aliphatic hydroxyl groups is 1. The lowest BCUT2D eigenvalue weighted by molar-refractivity contribution is 0.165. The van der Waals surface area contributed by atoms with Crippen molar-refractivity contribution in [1.82, 2.24) is 19.7 Å². The maximum Gasteiger partial charge on any atom is 0.213 e.